The minimum absolute atomic E-state index is 0.253. The monoisotopic (exact) mass is 330 g/mol. The molecule has 0 radical (unpaired) electrons. The predicted octanol–water partition coefficient (Wildman–Crippen LogP) is 1.41. The molecule has 24 heavy (non-hydrogen) atoms. The van der Waals surface area contributed by atoms with E-state index in [1.165, 1.54) is 18.3 Å². The lowest BCUT2D eigenvalue weighted by Gasteiger charge is -2.07. The standard InChI is InChI=1S/C16H18N4O4/c1-2-3-6-19-16(23)20-14(21)10-24-15(22)11-4-5-12-13(9-11)18-8-7-17-12/h4-5,7-9H,2-3,6,10H2,1H3,(H2,19,20,21,23). The van der Waals surface area contributed by atoms with E-state index < -0.39 is 24.5 Å². The topological polar surface area (TPSA) is 110 Å². The zero-order valence-corrected chi connectivity index (χ0v) is 13.2. The Bertz CT molecular complexity index is 748. The number of unbranched alkanes of at least 4 members (excludes halogenated alkanes) is 1. The van der Waals surface area contributed by atoms with Crippen molar-refractivity contribution in [1.82, 2.24) is 20.6 Å². The summed E-state index contributed by atoms with van der Waals surface area (Å²) < 4.78 is 4.89. The van der Waals surface area contributed by atoms with Gasteiger partial charge >= 0.3 is 12.0 Å². The number of carbonyl (C=O) groups is 3. The van der Waals surface area contributed by atoms with Gasteiger partial charge in [-0.15, -0.1) is 0 Å². The maximum absolute atomic E-state index is 11.9. The second-order valence-electron chi connectivity index (χ2n) is 4.99. The lowest BCUT2D eigenvalue weighted by Crippen LogP contribution is -2.41. The molecule has 0 fully saturated rings. The van der Waals surface area contributed by atoms with Crippen LogP contribution < -0.4 is 10.6 Å². The molecule has 0 atom stereocenters. The summed E-state index contributed by atoms with van der Waals surface area (Å²) in [5.74, 6) is -1.37. The van der Waals surface area contributed by atoms with Gasteiger partial charge in [-0.05, 0) is 24.6 Å². The van der Waals surface area contributed by atoms with Crippen LogP contribution in [0.25, 0.3) is 11.0 Å². The third-order valence-electron chi connectivity index (χ3n) is 3.11. The van der Waals surface area contributed by atoms with Gasteiger partial charge < -0.3 is 10.1 Å². The molecule has 3 amide bonds. The van der Waals surface area contributed by atoms with Gasteiger partial charge in [0.05, 0.1) is 16.6 Å². The molecule has 0 bridgehead atoms. The number of rotatable bonds is 6. The number of fused-ring (bicyclic) bond motifs is 1. The summed E-state index contributed by atoms with van der Waals surface area (Å²) in [6, 6.07) is 4.10. The fraction of sp³-hybridized carbons (Fsp3) is 0.312. The fourth-order valence-corrected chi connectivity index (χ4v) is 1.89. The van der Waals surface area contributed by atoms with E-state index in [9.17, 15) is 14.4 Å². The van der Waals surface area contributed by atoms with Crippen molar-refractivity contribution in [2.75, 3.05) is 13.2 Å². The largest absolute Gasteiger partial charge is 0.452 e. The molecule has 0 saturated heterocycles. The smallest absolute Gasteiger partial charge is 0.338 e. The van der Waals surface area contributed by atoms with Crippen molar-refractivity contribution in [3.8, 4) is 0 Å². The van der Waals surface area contributed by atoms with Crippen LogP contribution in [0.2, 0.25) is 0 Å². The zero-order valence-electron chi connectivity index (χ0n) is 13.2. The SMILES string of the molecule is CCCCNC(=O)NC(=O)COC(=O)c1ccc2nccnc2c1. The van der Waals surface area contributed by atoms with E-state index in [0.29, 0.717) is 17.6 Å². The summed E-state index contributed by atoms with van der Waals surface area (Å²) in [5, 5.41) is 4.61. The highest BCUT2D eigenvalue weighted by molar-refractivity contribution is 5.97. The van der Waals surface area contributed by atoms with E-state index in [1.54, 1.807) is 12.3 Å². The number of nitrogens with zero attached hydrogens (tertiary/aromatic N) is 2. The Morgan fingerprint density at radius 3 is 2.62 bits per heavy atom. The molecule has 126 valence electrons. The minimum atomic E-state index is -0.696. The summed E-state index contributed by atoms with van der Waals surface area (Å²) in [7, 11) is 0. The van der Waals surface area contributed by atoms with E-state index in [4.69, 9.17) is 4.74 Å². The molecule has 0 unspecified atom stereocenters. The molecule has 1 aromatic carbocycles. The summed E-state index contributed by atoms with van der Waals surface area (Å²) in [6.45, 7) is 1.93. The van der Waals surface area contributed by atoms with Crippen LogP contribution in [-0.4, -0.2) is 41.0 Å². The molecule has 0 aliphatic heterocycles. The van der Waals surface area contributed by atoms with Crippen LogP contribution in [0.5, 0.6) is 0 Å². The summed E-state index contributed by atoms with van der Waals surface area (Å²) in [4.78, 5) is 43.1. The molecule has 1 heterocycles. The van der Waals surface area contributed by atoms with Crippen LogP contribution >= 0.6 is 0 Å². The van der Waals surface area contributed by atoms with Crippen LogP contribution in [0.15, 0.2) is 30.6 Å². The molecule has 0 aliphatic carbocycles. The van der Waals surface area contributed by atoms with Gasteiger partial charge in [0, 0.05) is 18.9 Å². The molecule has 0 aliphatic rings. The number of amides is 3. The number of hydrogen-bond donors (Lipinski definition) is 2. The highest BCUT2D eigenvalue weighted by atomic mass is 16.5. The van der Waals surface area contributed by atoms with Crippen LogP contribution in [-0.2, 0) is 9.53 Å². The Morgan fingerprint density at radius 2 is 1.88 bits per heavy atom. The number of aromatic nitrogens is 2. The average Bonchev–Trinajstić information content (AvgIpc) is 2.59. The van der Waals surface area contributed by atoms with Crippen LogP contribution in [0.1, 0.15) is 30.1 Å². The third kappa shape index (κ3) is 5.01. The maximum atomic E-state index is 11.9. The molecule has 2 rings (SSSR count). The van der Waals surface area contributed by atoms with Gasteiger partial charge in [0.2, 0.25) is 0 Å². The molecule has 2 aromatic rings. The lowest BCUT2D eigenvalue weighted by atomic mass is 10.2. The number of urea groups is 1. The van der Waals surface area contributed by atoms with Gasteiger partial charge in [-0.25, -0.2) is 9.59 Å². The van der Waals surface area contributed by atoms with Crippen molar-refractivity contribution in [3.63, 3.8) is 0 Å². The molecular weight excluding hydrogens is 312 g/mol. The molecule has 0 saturated carbocycles. The maximum Gasteiger partial charge on any atom is 0.338 e. The first-order valence-corrected chi connectivity index (χ1v) is 7.55. The van der Waals surface area contributed by atoms with Gasteiger partial charge in [-0.1, -0.05) is 13.3 Å². The van der Waals surface area contributed by atoms with Crippen molar-refractivity contribution in [2.45, 2.75) is 19.8 Å². The van der Waals surface area contributed by atoms with E-state index in [1.807, 2.05) is 6.92 Å². The Kier molecular flexibility index (Phi) is 6.18. The first kappa shape index (κ1) is 17.3. The molecular formula is C16H18N4O4. The number of esters is 1. The number of imide groups is 1. The van der Waals surface area contributed by atoms with Gasteiger partial charge in [0.1, 0.15) is 0 Å². The van der Waals surface area contributed by atoms with Crippen LogP contribution in [0, 0.1) is 0 Å². The van der Waals surface area contributed by atoms with E-state index in [-0.39, 0.29) is 5.56 Å². The van der Waals surface area contributed by atoms with Gasteiger partial charge in [0.15, 0.2) is 6.61 Å². The summed E-state index contributed by atoms with van der Waals surface area (Å²) >= 11 is 0. The first-order valence-electron chi connectivity index (χ1n) is 7.55. The highest BCUT2D eigenvalue weighted by Crippen LogP contribution is 2.11. The molecule has 8 heteroatoms. The molecule has 0 spiro atoms. The fourth-order valence-electron chi connectivity index (χ4n) is 1.89. The molecule has 2 N–H and O–H groups in total. The number of ether oxygens (including phenoxy) is 1. The predicted molar refractivity (Wildman–Crippen MR) is 86.3 cm³/mol. The Balaban J connectivity index is 1.83. The molecule has 8 nitrogen and oxygen atoms in total. The Morgan fingerprint density at radius 1 is 1.12 bits per heavy atom. The number of benzene rings is 1. The number of nitrogens with one attached hydrogen (secondary N) is 2. The zero-order chi connectivity index (χ0) is 17.4. The van der Waals surface area contributed by atoms with Crippen molar-refractivity contribution in [1.29, 1.82) is 0 Å². The van der Waals surface area contributed by atoms with Crippen LogP contribution in [0.3, 0.4) is 0 Å². The third-order valence-corrected chi connectivity index (χ3v) is 3.11. The quantitative estimate of drug-likeness (QED) is 0.612. The lowest BCUT2D eigenvalue weighted by molar-refractivity contribution is -0.123. The average molecular weight is 330 g/mol. The van der Waals surface area contributed by atoms with Crippen LogP contribution in [0.4, 0.5) is 4.79 Å². The normalized spacial score (nSPS) is 10.2. The minimum Gasteiger partial charge on any atom is -0.452 e. The van der Waals surface area contributed by atoms with Crippen molar-refractivity contribution in [2.24, 2.45) is 0 Å². The van der Waals surface area contributed by atoms with Gasteiger partial charge in [-0.2, -0.15) is 0 Å². The van der Waals surface area contributed by atoms with E-state index in [0.717, 1.165) is 12.8 Å². The second kappa shape index (κ2) is 8.56. The highest BCUT2D eigenvalue weighted by Gasteiger charge is 2.13. The van der Waals surface area contributed by atoms with E-state index in [2.05, 4.69) is 20.6 Å². The second-order valence-corrected chi connectivity index (χ2v) is 4.99. The van der Waals surface area contributed by atoms with Crippen molar-refractivity contribution in [3.05, 3.63) is 36.2 Å². The first-order chi connectivity index (χ1) is 11.6. The number of carbonyl (C=O) groups excluding carboxylic acids is 3. The van der Waals surface area contributed by atoms with Gasteiger partial charge in [-0.3, -0.25) is 20.1 Å². The van der Waals surface area contributed by atoms with Gasteiger partial charge in [0.25, 0.3) is 5.91 Å². The Hall–Kier alpha value is -3.03. The van der Waals surface area contributed by atoms with Crippen molar-refractivity contribution >= 4 is 28.9 Å². The summed E-state index contributed by atoms with van der Waals surface area (Å²) in [6.07, 6.45) is 4.82. The van der Waals surface area contributed by atoms with E-state index >= 15 is 0 Å². The Labute approximate surface area is 138 Å². The van der Waals surface area contributed by atoms with Crippen molar-refractivity contribution < 1.29 is 19.1 Å². The number of hydrogen-bond acceptors (Lipinski definition) is 6. The molecule has 1 aromatic heterocycles. The summed E-state index contributed by atoms with van der Waals surface area (Å²) in [5.41, 5.74) is 1.45.